The van der Waals surface area contributed by atoms with Crippen molar-refractivity contribution >= 4 is 41.4 Å². The molecule has 14 heteroatoms. The number of urea groups is 1. The molecular formula is C26H27Cl2N5O7. The first kappa shape index (κ1) is 30.4. The zero-order chi connectivity index (χ0) is 29.2. The largest absolute Gasteiger partial charge is 0.490 e. The lowest BCUT2D eigenvalue weighted by molar-refractivity contribution is -0.136. The Balaban J connectivity index is 1.68. The van der Waals surface area contributed by atoms with Gasteiger partial charge in [0.05, 0.1) is 41.6 Å². The molecule has 0 radical (unpaired) electrons. The van der Waals surface area contributed by atoms with Crippen molar-refractivity contribution in [3.63, 3.8) is 0 Å². The molecule has 0 spiro atoms. The van der Waals surface area contributed by atoms with Crippen LogP contribution in [0.5, 0.6) is 17.2 Å². The molecule has 0 saturated carbocycles. The van der Waals surface area contributed by atoms with Crippen molar-refractivity contribution in [1.82, 2.24) is 16.1 Å². The molecule has 0 saturated heterocycles. The van der Waals surface area contributed by atoms with E-state index in [-0.39, 0.29) is 34.6 Å². The minimum Gasteiger partial charge on any atom is -0.490 e. The highest BCUT2D eigenvalue weighted by Crippen LogP contribution is 2.35. The summed E-state index contributed by atoms with van der Waals surface area (Å²) >= 11 is 12.3. The van der Waals surface area contributed by atoms with Gasteiger partial charge in [-0.2, -0.15) is 10.4 Å². The molecule has 3 rings (SSSR count). The average molecular weight is 592 g/mol. The first-order valence-electron chi connectivity index (χ1n) is 11.9. The second-order valence-corrected chi connectivity index (χ2v) is 8.99. The maximum atomic E-state index is 12.4. The van der Waals surface area contributed by atoms with E-state index in [0.29, 0.717) is 34.9 Å². The lowest BCUT2D eigenvalue weighted by Crippen LogP contribution is -2.45. The second kappa shape index (κ2) is 14.3. The predicted molar refractivity (Wildman–Crippen MR) is 147 cm³/mol. The van der Waals surface area contributed by atoms with Crippen molar-refractivity contribution in [2.24, 2.45) is 5.10 Å². The highest BCUT2D eigenvalue weighted by Gasteiger charge is 2.32. The maximum absolute atomic E-state index is 12.4. The van der Waals surface area contributed by atoms with Crippen molar-refractivity contribution in [3.8, 4) is 23.3 Å². The number of carbonyl (C=O) groups excluding carboxylic acids is 2. The van der Waals surface area contributed by atoms with E-state index in [1.165, 1.54) is 25.5 Å². The quantitative estimate of drug-likeness (QED) is 0.125. The Hall–Kier alpha value is -4.18. The number of hydrogen-bond donors (Lipinski definition) is 4. The Morgan fingerprint density at radius 1 is 1.23 bits per heavy atom. The van der Waals surface area contributed by atoms with E-state index in [0.717, 1.165) is 0 Å². The van der Waals surface area contributed by atoms with Gasteiger partial charge in [-0.25, -0.2) is 9.59 Å². The van der Waals surface area contributed by atoms with Crippen LogP contribution in [0.25, 0.3) is 0 Å². The van der Waals surface area contributed by atoms with Crippen LogP contribution in [0.4, 0.5) is 4.79 Å². The van der Waals surface area contributed by atoms with Crippen LogP contribution in [-0.2, 0) is 9.53 Å². The number of esters is 1. The Bertz CT molecular complexity index is 1340. The van der Waals surface area contributed by atoms with Crippen molar-refractivity contribution in [1.29, 1.82) is 5.26 Å². The molecule has 0 bridgehead atoms. The Labute approximate surface area is 240 Å². The molecular weight excluding hydrogens is 565 g/mol. The minimum absolute atomic E-state index is 0.190. The smallest absolute Gasteiger partial charge is 0.337 e. The van der Waals surface area contributed by atoms with Crippen LogP contribution >= 0.6 is 23.2 Å². The predicted octanol–water partition coefficient (Wildman–Crippen LogP) is 3.42. The summed E-state index contributed by atoms with van der Waals surface area (Å²) in [4.78, 5) is 24.5. The molecule has 1 heterocycles. The number of hydrogen-bond acceptors (Lipinski definition) is 10. The van der Waals surface area contributed by atoms with Crippen LogP contribution in [0.3, 0.4) is 0 Å². The van der Waals surface area contributed by atoms with Gasteiger partial charge >= 0.3 is 12.0 Å². The van der Waals surface area contributed by atoms with Gasteiger partial charge in [0, 0.05) is 5.70 Å². The standard InChI is InChI=1S/C26H27Cl2N5O7/c1-4-38-20-11-16(23-22(25(35)37-3)14(2)31-26(36)32-23)5-6-19(20)40-13-21(34)33-30-12-15-9-17(27)24(18(28)10-15)39-8-7-29/h5-6,9-12,21,23,33-34H,4,8,13H2,1-3H3,(H2,31,32,36)/b30-12-/t21-,23-/m0/s1. The van der Waals surface area contributed by atoms with E-state index in [1.54, 1.807) is 32.0 Å². The van der Waals surface area contributed by atoms with Crippen LogP contribution in [-0.4, -0.2) is 56.5 Å². The van der Waals surface area contributed by atoms with E-state index in [4.69, 9.17) is 47.4 Å². The summed E-state index contributed by atoms with van der Waals surface area (Å²) in [6.07, 6.45) is 0.187. The molecule has 4 N–H and O–H groups in total. The topological polar surface area (TPSA) is 164 Å². The number of halogens is 2. The summed E-state index contributed by atoms with van der Waals surface area (Å²) < 4.78 is 21.5. The Kier molecular flexibility index (Phi) is 10.8. The van der Waals surface area contributed by atoms with E-state index >= 15 is 0 Å². The second-order valence-electron chi connectivity index (χ2n) is 8.18. The van der Waals surface area contributed by atoms with Crippen LogP contribution in [0.15, 0.2) is 46.7 Å². The molecule has 2 aromatic rings. The molecule has 40 heavy (non-hydrogen) atoms. The average Bonchev–Trinajstić information content (AvgIpc) is 2.91. The number of allylic oxidation sites excluding steroid dienone is 1. The van der Waals surface area contributed by atoms with Gasteiger partial charge in [-0.1, -0.05) is 29.3 Å². The van der Waals surface area contributed by atoms with Crippen LogP contribution in [0.2, 0.25) is 10.0 Å². The third-order valence-electron chi connectivity index (χ3n) is 5.41. The molecule has 0 aliphatic carbocycles. The van der Waals surface area contributed by atoms with Crippen LogP contribution in [0, 0.1) is 11.3 Å². The zero-order valence-corrected chi connectivity index (χ0v) is 23.3. The Morgan fingerprint density at radius 2 is 1.95 bits per heavy atom. The van der Waals surface area contributed by atoms with E-state index in [1.807, 2.05) is 6.07 Å². The lowest BCUT2D eigenvalue weighted by atomic mass is 9.95. The number of aliphatic hydroxyl groups excluding tert-OH is 1. The van der Waals surface area contributed by atoms with E-state index < -0.39 is 24.3 Å². The van der Waals surface area contributed by atoms with Gasteiger partial charge in [0.2, 0.25) is 0 Å². The molecule has 1 aliphatic heterocycles. The number of amides is 2. The molecule has 2 amide bonds. The summed E-state index contributed by atoms with van der Waals surface area (Å²) in [7, 11) is 1.26. The SMILES string of the molecule is CCOc1cc([C@@H]2NC(=O)NC(C)=C2C(=O)OC)ccc1OC[C@H](O)N/N=C\c1cc(Cl)c(OCC#N)c(Cl)c1. The van der Waals surface area contributed by atoms with Gasteiger partial charge in [-0.15, -0.1) is 0 Å². The van der Waals surface area contributed by atoms with Crippen LogP contribution in [0.1, 0.15) is 31.0 Å². The van der Waals surface area contributed by atoms with E-state index in [2.05, 4.69) is 21.2 Å². The highest BCUT2D eigenvalue weighted by molar-refractivity contribution is 6.37. The molecule has 0 fully saturated rings. The van der Waals surface area contributed by atoms with Crippen molar-refractivity contribution in [2.45, 2.75) is 26.1 Å². The number of aliphatic hydroxyl groups is 1. The molecule has 212 valence electrons. The molecule has 0 unspecified atom stereocenters. The normalized spacial score (nSPS) is 15.5. The fourth-order valence-corrected chi connectivity index (χ4v) is 4.33. The number of nitriles is 1. The van der Waals surface area contributed by atoms with Gasteiger partial charge in [0.25, 0.3) is 0 Å². The molecule has 2 aromatic carbocycles. The van der Waals surface area contributed by atoms with Crippen molar-refractivity contribution in [2.75, 3.05) is 26.9 Å². The first-order valence-corrected chi connectivity index (χ1v) is 12.7. The summed E-state index contributed by atoms with van der Waals surface area (Å²) in [5.74, 6) is 0.265. The zero-order valence-electron chi connectivity index (χ0n) is 21.8. The molecule has 2 atom stereocenters. The number of rotatable bonds is 12. The number of ether oxygens (including phenoxy) is 4. The molecule has 0 aromatic heterocycles. The maximum Gasteiger partial charge on any atom is 0.337 e. The summed E-state index contributed by atoms with van der Waals surface area (Å²) in [6.45, 7) is 3.32. The van der Waals surface area contributed by atoms with Gasteiger partial charge in [-0.3, -0.25) is 5.43 Å². The van der Waals surface area contributed by atoms with E-state index in [9.17, 15) is 14.7 Å². The number of nitrogens with zero attached hydrogens (tertiary/aromatic N) is 2. The van der Waals surface area contributed by atoms with Crippen LogP contribution < -0.4 is 30.3 Å². The monoisotopic (exact) mass is 591 g/mol. The summed E-state index contributed by atoms with van der Waals surface area (Å²) in [5, 5.41) is 28.6. The third kappa shape index (κ3) is 7.69. The fourth-order valence-electron chi connectivity index (χ4n) is 3.72. The molecule has 1 aliphatic rings. The number of methoxy groups -OCH3 is 1. The summed E-state index contributed by atoms with van der Waals surface area (Å²) in [6, 6.07) is 8.59. The van der Waals surface area contributed by atoms with Gasteiger partial charge in [0.1, 0.15) is 12.7 Å². The third-order valence-corrected chi connectivity index (χ3v) is 5.97. The first-order chi connectivity index (χ1) is 19.2. The number of hydrazone groups is 1. The number of carbonyl (C=O) groups is 2. The van der Waals surface area contributed by atoms with Gasteiger partial charge in [-0.05, 0) is 49.2 Å². The van der Waals surface area contributed by atoms with Gasteiger partial charge in [0.15, 0.2) is 30.1 Å². The van der Waals surface area contributed by atoms with Crippen molar-refractivity contribution < 1.29 is 33.6 Å². The number of nitrogens with one attached hydrogen (secondary N) is 3. The minimum atomic E-state index is -1.20. The Morgan fingerprint density at radius 3 is 2.60 bits per heavy atom. The fraction of sp³-hybridized carbons (Fsp3) is 0.308. The summed E-state index contributed by atoms with van der Waals surface area (Å²) in [5.41, 5.74) is 4.24. The molecule has 12 nitrogen and oxygen atoms in total. The van der Waals surface area contributed by atoms with Gasteiger partial charge < -0.3 is 34.7 Å². The number of benzene rings is 2. The highest BCUT2D eigenvalue weighted by atomic mass is 35.5. The van der Waals surface area contributed by atoms with Crippen molar-refractivity contribution in [3.05, 3.63) is 62.8 Å². The lowest BCUT2D eigenvalue weighted by Gasteiger charge is -2.28.